The molecule has 2 unspecified atom stereocenters. The van der Waals surface area contributed by atoms with Crippen LogP contribution in [0.15, 0.2) is 24.3 Å². The molecule has 2 N–H and O–H groups in total. The van der Waals surface area contributed by atoms with E-state index >= 15 is 0 Å². The summed E-state index contributed by atoms with van der Waals surface area (Å²) < 4.78 is 5.75. The van der Waals surface area contributed by atoms with Gasteiger partial charge in [-0.3, -0.25) is 4.90 Å². The normalized spacial score (nSPS) is 32.9. The maximum Gasteiger partial charge on any atom is 0.0744 e. The highest BCUT2D eigenvalue weighted by molar-refractivity contribution is 5.31. The van der Waals surface area contributed by atoms with Gasteiger partial charge in [-0.05, 0) is 24.5 Å². The number of hydrogen-bond acceptors (Lipinski definition) is 3. The zero-order valence-corrected chi connectivity index (χ0v) is 10.4. The molecule has 1 saturated heterocycles. The summed E-state index contributed by atoms with van der Waals surface area (Å²) >= 11 is 0. The van der Waals surface area contributed by atoms with Crippen molar-refractivity contribution < 1.29 is 4.74 Å². The average Bonchev–Trinajstić information content (AvgIpc) is 2.92. The fraction of sp³-hybridized carbons (Fsp3) is 0.571. The van der Waals surface area contributed by atoms with Gasteiger partial charge in [0.2, 0.25) is 0 Å². The van der Waals surface area contributed by atoms with Crippen molar-refractivity contribution in [1.29, 1.82) is 0 Å². The number of nitrogens with zero attached hydrogens (tertiary/aromatic N) is 1. The molecule has 2 aliphatic rings. The Morgan fingerprint density at radius 2 is 2.00 bits per heavy atom. The first kappa shape index (κ1) is 11.2. The van der Waals surface area contributed by atoms with Crippen LogP contribution in [0.2, 0.25) is 0 Å². The molecule has 0 radical (unpaired) electrons. The molecule has 3 nitrogen and oxygen atoms in total. The standard InChI is InChI=1S/C14H20N2O/c1-11-14(10-15,6-7-17-11)16-8-12-4-2-3-5-13(12)9-16/h2-5,11H,6-10,15H2,1H3. The van der Waals surface area contributed by atoms with E-state index in [0.29, 0.717) is 6.54 Å². The van der Waals surface area contributed by atoms with Crippen LogP contribution in [-0.4, -0.2) is 29.7 Å². The number of nitrogens with two attached hydrogens (primary N) is 1. The van der Waals surface area contributed by atoms with E-state index in [2.05, 4.69) is 36.1 Å². The molecule has 3 rings (SSSR count). The third-order valence-electron chi connectivity index (χ3n) is 4.48. The van der Waals surface area contributed by atoms with Crippen LogP contribution >= 0.6 is 0 Å². The second-order valence-electron chi connectivity index (χ2n) is 5.20. The summed E-state index contributed by atoms with van der Waals surface area (Å²) in [5.74, 6) is 0. The zero-order valence-electron chi connectivity index (χ0n) is 10.4. The molecule has 0 amide bonds. The van der Waals surface area contributed by atoms with Crippen LogP contribution in [-0.2, 0) is 17.8 Å². The van der Waals surface area contributed by atoms with Crippen molar-refractivity contribution in [2.24, 2.45) is 5.73 Å². The van der Waals surface area contributed by atoms with Gasteiger partial charge in [0.15, 0.2) is 0 Å². The lowest BCUT2D eigenvalue weighted by Crippen LogP contribution is -2.56. The lowest BCUT2D eigenvalue weighted by Gasteiger charge is -2.40. The van der Waals surface area contributed by atoms with Gasteiger partial charge in [0.05, 0.1) is 11.6 Å². The smallest absolute Gasteiger partial charge is 0.0744 e. The molecule has 2 aliphatic heterocycles. The van der Waals surface area contributed by atoms with Gasteiger partial charge in [0.25, 0.3) is 0 Å². The number of hydrogen-bond donors (Lipinski definition) is 1. The largest absolute Gasteiger partial charge is 0.376 e. The average molecular weight is 232 g/mol. The summed E-state index contributed by atoms with van der Waals surface area (Å²) in [7, 11) is 0. The van der Waals surface area contributed by atoms with Crippen LogP contribution in [0.1, 0.15) is 24.5 Å². The van der Waals surface area contributed by atoms with Gasteiger partial charge in [-0.1, -0.05) is 24.3 Å². The maximum absolute atomic E-state index is 6.05. The third-order valence-corrected chi connectivity index (χ3v) is 4.48. The first-order valence-corrected chi connectivity index (χ1v) is 6.40. The van der Waals surface area contributed by atoms with E-state index in [1.54, 1.807) is 0 Å². The second-order valence-corrected chi connectivity index (χ2v) is 5.20. The van der Waals surface area contributed by atoms with E-state index in [-0.39, 0.29) is 11.6 Å². The van der Waals surface area contributed by atoms with Crippen LogP contribution in [0, 0.1) is 0 Å². The molecule has 0 aromatic heterocycles. The van der Waals surface area contributed by atoms with Gasteiger partial charge >= 0.3 is 0 Å². The summed E-state index contributed by atoms with van der Waals surface area (Å²) in [5, 5.41) is 0. The highest BCUT2D eigenvalue weighted by Gasteiger charge is 2.46. The minimum Gasteiger partial charge on any atom is -0.376 e. The van der Waals surface area contributed by atoms with Crippen molar-refractivity contribution in [1.82, 2.24) is 4.90 Å². The first-order valence-electron chi connectivity index (χ1n) is 6.40. The molecule has 0 spiro atoms. The van der Waals surface area contributed by atoms with E-state index in [9.17, 15) is 0 Å². The SMILES string of the molecule is CC1OCCC1(CN)N1Cc2ccccc2C1. The van der Waals surface area contributed by atoms with Crippen LogP contribution in [0.25, 0.3) is 0 Å². The van der Waals surface area contributed by atoms with Crippen LogP contribution in [0.5, 0.6) is 0 Å². The molecule has 0 saturated carbocycles. The van der Waals surface area contributed by atoms with Gasteiger partial charge in [0, 0.05) is 26.2 Å². The first-order chi connectivity index (χ1) is 8.26. The number of ether oxygens (including phenoxy) is 1. The second kappa shape index (κ2) is 4.09. The lowest BCUT2D eigenvalue weighted by molar-refractivity contribution is 0.0117. The Hall–Kier alpha value is -0.900. The van der Waals surface area contributed by atoms with Gasteiger partial charge in [-0.15, -0.1) is 0 Å². The van der Waals surface area contributed by atoms with Crippen LogP contribution in [0.4, 0.5) is 0 Å². The monoisotopic (exact) mass is 232 g/mol. The van der Waals surface area contributed by atoms with E-state index in [4.69, 9.17) is 10.5 Å². The van der Waals surface area contributed by atoms with Gasteiger partial charge < -0.3 is 10.5 Å². The molecule has 1 aromatic carbocycles. The molecule has 17 heavy (non-hydrogen) atoms. The fourth-order valence-electron chi connectivity index (χ4n) is 3.23. The maximum atomic E-state index is 6.05. The molecular weight excluding hydrogens is 212 g/mol. The molecule has 1 aromatic rings. The number of fused-ring (bicyclic) bond motifs is 1. The summed E-state index contributed by atoms with van der Waals surface area (Å²) in [5.41, 5.74) is 8.98. The third kappa shape index (κ3) is 1.61. The molecule has 3 heteroatoms. The van der Waals surface area contributed by atoms with Crippen LogP contribution < -0.4 is 5.73 Å². The fourth-order valence-corrected chi connectivity index (χ4v) is 3.23. The number of benzene rings is 1. The van der Waals surface area contributed by atoms with Gasteiger partial charge in [0.1, 0.15) is 0 Å². The van der Waals surface area contributed by atoms with Crippen molar-refractivity contribution in [3.8, 4) is 0 Å². The van der Waals surface area contributed by atoms with Crippen molar-refractivity contribution in [2.75, 3.05) is 13.2 Å². The Morgan fingerprint density at radius 3 is 2.47 bits per heavy atom. The summed E-state index contributed by atoms with van der Waals surface area (Å²) in [6.07, 6.45) is 1.29. The molecule has 0 bridgehead atoms. The summed E-state index contributed by atoms with van der Waals surface area (Å²) in [6, 6.07) is 8.68. The van der Waals surface area contributed by atoms with E-state index < -0.39 is 0 Å². The highest BCUT2D eigenvalue weighted by Crippen LogP contribution is 2.37. The molecule has 2 heterocycles. The van der Waals surface area contributed by atoms with E-state index in [0.717, 1.165) is 26.1 Å². The Balaban J connectivity index is 1.88. The number of rotatable bonds is 2. The van der Waals surface area contributed by atoms with Crippen LogP contribution in [0.3, 0.4) is 0 Å². The Kier molecular flexibility index (Phi) is 2.69. The predicted octanol–water partition coefficient (Wildman–Crippen LogP) is 1.51. The quantitative estimate of drug-likeness (QED) is 0.840. The molecular formula is C14H20N2O. The minimum atomic E-state index is 0.0407. The van der Waals surface area contributed by atoms with E-state index in [1.165, 1.54) is 11.1 Å². The Bertz CT molecular complexity index is 395. The van der Waals surface area contributed by atoms with Crippen molar-refractivity contribution in [2.45, 2.75) is 38.1 Å². The minimum absolute atomic E-state index is 0.0407. The van der Waals surface area contributed by atoms with Crippen molar-refractivity contribution in [3.05, 3.63) is 35.4 Å². The lowest BCUT2D eigenvalue weighted by atomic mass is 9.90. The molecule has 0 aliphatic carbocycles. The highest BCUT2D eigenvalue weighted by atomic mass is 16.5. The van der Waals surface area contributed by atoms with Crippen molar-refractivity contribution in [3.63, 3.8) is 0 Å². The topological polar surface area (TPSA) is 38.5 Å². The molecule has 2 atom stereocenters. The predicted molar refractivity (Wildman–Crippen MR) is 67.5 cm³/mol. The Labute approximate surface area is 103 Å². The summed E-state index contributed by atoms with van der Waals surface area (Å²) in [4.78, 5) is 2.51. The van der Waals surface area contributed by atoms with Gasteiger partial charge in [-0.25, -0.2) is 0 Å². The molecule has 1 fully saturated rings. The Morgan fingerprint density at radius 1 is 1.35 bits per heavy atom. The zero-order chi connectivity index (χ0) is 11.9. The van der Waals surface area contributed by atoms with Gasteiger partial charge in [-0.2, -0.15) is 0 Å². The molecule has 92 valence electrons. The van der Waals surface area contributed by atoms with E-state index in [1.807, 2.05) is 0 Å². The summed E-state index contributed by atoms with van der Waals surface area (Å²) in [6.45, 7) is 5.71. The van der Waals surface area contributed by atoms with Crippen molar-refractivity contribution >= 4 is 0 Å².